The largest absolute Gasteiger partial charge is 0.360 e. The fourth-order valence-corrected chi connectivity index (χ4v) is 3.32. The van der Waals surface area contributed by atoms with E-state index in [1.165, 1.54) is 6.07 Å². The van der Waals surface area contributed by atoms with Crippen molar-refractivity contribution in [3.05, 3.63) is 69.6 Å². The fraction of sp³-hybridized carbons (Fsp3) is 0.158. The van der Waals surface area contributed by atoms with Crippen LogP contribution in [0.1, 0.15) is 17.5 Å². The summed E-state index contributed by atoms with van der Waals surface area (Å²) in [6.07, 6.45) is 2.08. The zero-order chi connectivity index (χ0) is 19.6. The van der Waals surface area contributed by atoms with Gasteiger partial charge in [0.1, 0.15) is 10.8 Å². The van der Waals surface area contributed by atoms with E-state index >= 15 is 0 Å². The SMILES string of the molecule is NC(=O)N(Cc1cccc(Cl)c1)C(=O)CCc1c[nH]c2c(Cl)c(F)ccc12. The molecule has 0 aliphatic carbocycles. The Kier molecular flexibility index (Phi) is 5.68. The molecule has 1 aromatic heterocycles. The molecular formula is C19H16Cl2FN3O2. The van der Waals surface area contributed by atoms with Gasteiger partial charge in [0.2, 0.25) is 5.91 Å². The van der Waals surface area contributed by atoms with Crippen LogP contribution in [0.4, 0.5) is 9.18 Å². The predicted octanol–water partition coefficient (Wildman–Crippen LogP) is 4.65. The van der Waals surface area contributed by atoms with Gasteiger partial charge in [0.15, 0.2) is 0 Å². The molecule has 8 heteroatoms. The van der Waals surface area contributed by atoms with Crippen LogP contribution in [0.2, 0.25) is 10.0 Å². The molecule has 0 radical (unpaired) electrons. The molecule has 27 heavy (non-hydrogen) atoms. The molecule has 0 atom stereocenters. The third-order valence-electron chi connectivity index (χ3n) is 4.24. The molecule has 0 aliphatic rings. The van der Waals surface area contributed by atoms with Gasteiger partial charge in [-0.05, 0) is 41.8 Å². The Morgan fingerprint density at radius 1 is 1.19 bits per heavy atom. The number of H-pyrrole nitrogens is 1. The monoisotopic (exact) mass is 407 g/mol. The van der Waals surface area contributed by atoms with Gasteiger partial charge in [0.05, 0.1) is 12.1 Å². The van der Waals surface area contributed by atoms with E-state index in [-0.39, 0.29) is 18.0 Å². The molecule has 3 N–H and O–H groups in total. The number of nitrogens with zero attached hydrogens (tertiary/aromatic N) is 1. The molecule has 0 unspecified atom stereocenters. The number of halogens is 3. The van der Waals surface area contributed by atoms with E-state index in [0.717, 1.165) is 15.8 Å². The smallest absolute Gasteiger partial charge is 0.321 e. The molecule has 3 aromatic rings. The summed E-state index contributed by atoms with van der Waals surface area (Å²) in [5.74, 6) is -0.930. The summed E-state index contributed by atoms with van der Waals surface area (Å²) in [6.45, 7) is 0.0413. The standard InChI is InChI=1S/C19H16Cl2FN3O2/c20-13-3-1-2-11(8-13)10-25(19(23)27)16(26)7-4-12-9-24-18-14(12)5-6-15(22)17(18)21/h1-3,5-6,8-9,24H,4,7,10H2,(H2,23,27). The number of urea groups is 1. The van der Waals surface area contributed by atoms with Crippen LogP contribution in [-0.4, -0.2) is 21.8 Å². The van der Waals surface area contributed by atoms with Crippen molar-refractivity contribution < 1.29 is 14.0 Å². The minimum absolute atomic E-state index is 0.00444. The number of hydrogen-bond donors (Lipinski definition) is 2. The van der Waals surface area contributed by atoms with Gasteiger partial charge in [0, 0.05) is 23.0 Å². The van der Waals surface area contributed by atoms with Crippen molar-refractivity contribution in [2.24, 2.45) is 5.73 Å². The van der Waals surface area contributed by atoms with E-state index in [2.05, 4.69) is 4.98 Å². The summed E-state index contributed by atoms with van der Waals surface area (Å²) in [7, 11) is 0. The highest BCUT2D eigenvalue weighted by atomic mass is 35.5. The second-order valence-electron chi connectivity index (χ2n) is 6.05. The number of hydrogen-bond acceptors (Lipinski definition) is 2. The quantitative estimate of drug-likeness (QED) is 0.645. The maximum atomic E-state index is 13.5. The minimum atomic E-state index is -0.830. The lowest BCUT2D eigenvalue weighted by Crippen LogP contribution is -2.40. The van der Waals surface area contributed by atoms with E-state index in [1.807, 2.05) is 0 Å². The van der Waals surface area contributed by atoms with Gasteiger partial charge >= 0.3 is 6.03 Å². The molecule has 0 fully saturated rings. The molecule has 1 heterocycles. The number of carbonyl (C=O) groups excluding carboxylic acids is 2. The van der Waals surface area contributed by atoms with Gasteiger partial charge in [-0.25, -0.2) is 9.18 Å². The molecule has 5 nitrogen and oxygen atoms in total. The lowest BCUT2D eigenvalue weighted by molar-refractivity contribution is -0.128. The first kappa shape index (κ1) is 19.2. The maximum Gasteiger partial charge on any atom is 0.321 e. The van der Waals surface area contributed by atoms with E-state index in [9.17, 15) is 14.0 Å². The second-order valence-corrected chi connectivity index (χ2v) is 6.86. The van der Waals surface area contributed by atoms with Gasteiger partial charge in [-0.2, -0.15) is 0 Å². The number of primary amides is 1. The van der Waals surface area contributed by atoms with Crippen LogP contribution in [0.5, 0.6) is 0 Å². The number of amides is 3. The Morgan fingerprint density at radius 3 is 2.67 bits per heavy atom. The topological polar surface area (TPSA) is 79.2 Å². The van der Waals surface area contributed by atoms with Crippen LogP contribution >= 0.6 is 23.2 Å². The summed E-state index contributed by atoms with van der Waals surface area (Å²) in [5, 5.41) is 1.24. The molecule has 0 aliphatic heterocycles. The first-order valence-electron chi connectivity index (χ1n) is 8.15. The summed E-state index contributed by atoms with van der Waals surface area (Å²) in [4.78, 5) is 28.1. The summed E-state index contributed by atoms with van der Waals surface area (Å²) < 4.78 is 13.5. The van der Waals surface area contributed by atoms with Crippen LogP contribution in [0.25, 0.3) is 10.9 Å². The van der Waals surface area contributed by atoms with Crippen LogP contribution in [0.3, 0.4) is 0 Å². The number of nitrogens with one attached hydrogen (secondary N) is 1. The first-order valence-corrected chi connectivity index (χ1v) is 8.90. The molecular weight excluding hydrogens is 392 g/mol. The number of nitrogens with two attached hydrogens (primary N) is 1. The third kappa shape index (κ3) is 4.23. The molecule has 3 amide bonds. The Hall–Kier alpha value is -2.57. The average Bonchev–Trinajstić information content (AvgIpc) is 3.04. The van der Waals surface area contributed by atoms with Crippen molar-refractivity contribution >= 4 is 46.0 Å². The zero-order valence-electron chi connectivity index (χ0n) is 14.1. The van der Waals surface area contributed by atoms with Crippen molar-refractivity contribution in [3.8, 4) is 0 Å². The molecule has 0 spiro atoms. The maximum absolute atomic E-state index is 13.5. The molecule has 140 valence electrons. The number of fused-ring (bicyclic) bond motifs is 1. The van der Waals surface area contributed by atoms with Crippen LogP contribution in [0, 0.1) is 5.82 Å². The second kappa shape index (κ2) is 7.98. The number of benzene rings is 2. The predicted molar refractivity (Wildman–Crippen MR) is 103 cm³/mol. The van der Waals surface area contributed by atoms with Crippen LogP contribution in [-0.2, 0) is 17.8 Å². The minimum Gasteiger partial charge on any atom is -0.360 e. The molecule has 0 bridgehead atoms. The summed E-state index contributed by atoms with van der Waals surface area (Å²) >= 11 is 11.9. The Balaban J connectivity index is 1.73. The molecule has 2 aromatic carbocycles. The highest BCUT2D eigenvalue weighted by Crippen LogP contribution is 2.28. The Morgan fingerprint density at radius 2 is 1.96 bits per heavy atom. The van der Waals surface area contributed by atoms with Crippen molar-refractivity contribution in [3.63, 3.8) is 0 Å². The average molecular weight is 408 g/mol. The van der Waals surface area contributed by atoms with Gasteiger partial charge in [-0.1, -0.05) is 35.3 Å². The fourth-order valence-electron chi connectivity index (χ4n) is 2.89. The summed E-state index contributed by atoms with van der Waals surface area (Å²) in [5.41, 5.74) is 7.34. The van der Waals surface area contributed by atoms with Crippen molar-refractivity contribution in [1.82, 2.24) is 9.88 Å². The van der Waals surface area contributed by atoms with E-state index in [0.29, 0.717) is 22.5 Å². The lowest BCUT2D eigenvalue weighted by atomic mass is 10.1. The van der Waals surface area contributed by atoms with E-state index in [4.69, 9.17) is 28.9 Å². The van der Waals surface area contributed by atoms with E-state index in [1.54, 1.807) is 36.5 Å². The number of aryl methyl sites for hydroxylation is 1. The van der Waals surface area contributed by atoms with E-state index < -0.39 is 17.8 Å². The molecule has 0 saturated heterocycles. The number of aromatic nitrogens is 1. The van der Waals surface area contributed by atoms with Gasteiger partial charge in [-0.3, -0.25) is 9.69 Å². The number of imide groups is 1. The lowest BCUT2D eigenvalue weighted by Gasteiger charge is -2.18. The Bertz CT molecular complexity index is 1020. The van der Waals surface area contributed by atoms with Crippen LogP contribution < -0.4 is 5.73 Å². The van der Waals surface area contributed by atoms with Crippen molar-refractivity contribution in [2.75, 3.05) is 0 Å². The van der Waals surface area contributed by atoms with Gasteiger partial charge in [-0.15, -0.1) is 0 Å². The normalized spacial score (nSPS) is 10.9. The Labute approximate surface area is 164 Å². The van der Waals surface area contributed by atoms with Crippen molar-refractivity contribution in [2.45, 2.75) is 19.4 Å². The van der Waals surface area contributed by atoms with Gasteiger partial charge in [0.25, 0.3) is 0 Å². The zero-order valence-corrected chi connectivity index (χ0v) is 15.6. The van der Waals surface area contributed by atoms with Crippen molar-refractivity contribution in [1.29, 1.82) is 0 Å². The summed E-state index contributed by atoms with van der Waals surface area (Å²) in [6, 6.07) is 8.90. The third-order valence-corrected chi connectivity index (χ3v) is 4.84. The first-order chi connectivity index (χ1) is 12.9. The highest BCUT2D eigenvalue weighted by Gasteiger charge is 2.20. The van der Waals surface area contributed by atoms with Crippen LogP contribution in [0.15, 0.2) is 42.6 Å². The molecule has 3 rings (SSSR count). The number of rotatable bonds is 5. The number of aromatic amines is 1. The highest BCUT2D eigenvalue weighted by molar-refractivity contribution is 6.35. The van der Waals surface area contributed by atoms with Gasteiger partial charge < -0.3 is 10.7 Å². The molecule has 0 saturated carbocycles. The number of carbonyl (C=O) groups is 2.